The zero-order valence-electron chi connectivity index (χ0n) is 15.0. The van der Waals surface area contributed by atoms with Gasteiger partial charge < -0.3 is 19.5 Å². The molecule has 0 aliphatic heterocycles. The number of benzene rings is 2. The molecule has 0 radical (unpaired) electrons. The molecule has 0 saturated heterocycles. The molecule has 0 bridgehead atoms. The standard InChI is InChI=1S/C20H20FNO5/c1-25-15-9-10-17(26-2)16(11-15)20(24)27-18(19(23)22-14-7-8-14)12-3-5-13(21)6-4-12/h3-6,9-11,14,18H,7-8H2,1-2H3,(H,22,23). The molecule has 7 heteroatoms. The molecule has 142 valence electrons. The Balaban J connectivity index is 1.87. The molecule has 3 rings (SSSR count). The summed E-state index contributed by atoms with van der Waals surface area (Å²) in [4.78, 5) is 25.3. The number of carbonyl (C=O) groups is 2. The number of amides is 1. The van der Waals surface area contributed by atoms with Crippen LogP contribution in [0.15, 0.2) is 42.5 Å². The Morgan fingerprint density at radius 2 is 1.78 bits per heavy atom. The van der Waals surface area contributed by atoms with Crippen molar-refractivity contribution in [2.75, 3.05) is 14.2 Å². The first-order chi connectivity index (χ1) is 13.0. The molecule has 1 aliphatic carbocycles. The molecule has 0 spiro atoms. The van der Waals surface area contributed by atoms with Crippen LogP contribution in [0.3, 0.4) is 0 Å². The van der Waals surface area contributed by atoms with Crippen molar-refractivity contribution in [1.29, 1.82) is 0 Å². The molecule has 1 unspecified atom stereocenters. The van der Waals surface area contributed by atoms with Crippen molar-refractivity contribution in [3.05, 3.63) is 59.4 Å². The van der Waals surface area contributed by atoms with Gasteiger partial charge in [-0.25, -0.2) is 9.18 Å². The van der Waals surface area contributed by atoms with Crippen LogP contribution in [0.4, 0.5) is 4.39 Å². The van der Waals surface area contributed by atoms with Crippen LogP contribution in [0, 0.1) is 5.82 Å². The fourth-order valence-electron chi connectivity index (χ4n) is 2.56. The molecule has 27 heavy (non-hydrogen) atoms. The average molecular weight is 373 g/mol. The number of halogens is 1. The van der Waals surface area contributed by atoms with E-state index in [0.717, 1.165) is 12.8 Å². The Bertz CT molecular complexity index is 833. The van der Waals surface area contributed by atoms with Crippen LogP contribution in [0.5, 0.6) is 11.5 Å². The van der Waals surface area contributed by atoms with Gasteiger partial charge in [-0.2, -0.15) is 0 Å². The molecule has 1 atom stereocenters. The van der Waals surface area contributed by atoms with E-state index in [9.17, 15) is 14.0 Å². The van der Waals surface area contributed by atoms with Gasteiger partial charge in [0.15, 0.2) is 0 Å². The van der Waals surface area contributed by atoms with Crippen LogP contribution in [0.1, 0.15) is 34.9 Å². The third-order valence-corrected chi connectivity index (χ3v) is 4.19. The van der Waals surface area contributed by atoms with Crippen LogP contribution in [-0.2, 0) is 9.53 Å². The second kappa shape index (κ2) is 8.07. The lowest BCUT2D eigenvalue weighted by atomic mass is 10.1. The molecule has 6 nitrogen and oxygen atoms in total. The van der Waals surface area contributed by atoms with E-state index in [-0.39, 0.29) is 11.6 Å². The van der Waals surface area contributed by atoms with Crippen molar-refractivity contribution < 1.29 is 28.2 Å². The lowest BCUT2D eigenvalue weighted by Gasteiger charge is -2.19. The van der Waals surface area contributed by atoms with Gasteiger partial charge in [0.2, 0.25) is 6.10 Å². The molecule has 1 N–H and O–H groups in total. The number of ether oxygens (including phenoxy) is 3. The monoisotopic (exact) mass is 373 g/mol. The topological polar surface area (TPSA) is 73.9 Å². The molecule has 2 aromatic rings. The molecule has 1 aliphatic rings. The fourth-order valence-corrected chi connectivity index (χ4v) is 2.56. The van der Waals surface area contributed by atoms with E-state index in [4.69, 9.17) is 14.2 Å². The number of hydrogen-bond donors (Lipinski definition) is 1. The fraction of sp³-hybridized carbons (Fsp3) is 0.300. The smallest absolute Gasteiger partial charge is 0.343 e. The SMILES string of the molecule is COc1ccc(OC)c(C(=O)OC(C(=O)NC2CC2)c2ccc(F)cc2)c1. The van der Waals surface area contributed by atoms with Gasteiger partial charge in [0, 0.05) is 11.6 Å². The number of esters is 1. The van der Waals surface area contributed by atoms with Gasteiger partial charge in [0.1, 0.15) is 22.9 Å². The van der Waals surface area contributed by atoms with Crippen LogP contribution >= 0.6 is 0 Å². The van der Waals surface area contributed by atoms with Gasteiger partial charge in [0.25, 0.3) is 5.91 Å². The molecule has 1 amide bonds. The Hall–Kier alpha value is -3.09. The third-order valence-electron chi connectivity index (χ3n) is 4.19. The maximum absolute atomic E-state index is 13.2. The second-order valence-electron chi connectivity index (χ2n) is 6.19. The zero-order chi connectivity index (χ0) is 19.4. The number of nitrogens with one attached hydrogen (secondary N) is 1. The predicted molar refractivity (Wildman–Crippen MR) is 95.3 cm³/mol. The molecule has 1 fully saturated rings. The number of carbonyl (C=O) groups excluding carboxylic acids is 2. The molecule has 0 heterocycles. The van der Waals surface area contributed by atoms with Gasteiger partial charge in [-0.15, -0.1) is 0 Å². The van der Waals surface area contributed by atoms with Gasteiger partial charge in [-0.1, -0.05) is 12.1 Å². The van der Waals surface area contributed by atoms with Gasteiger partial charge >= 0.3 is 5.97 Å². The summed E-state index contributed by atoms with van der Waals surface area (Å²) in [5, 5.41) is 2.81. The van der Waals surface area contributed by atoms with E-state index in [1.54, 1.807) is 12.1 Å². The Kier molecular flexibility index (Phi) is 5.59. The summed E-state index contributed by atoms with van der Waals surface area (Å²) in [6, 6.07) is 10.1. The van der Waals surface area contributed by atoms with Gasteiger partial charge in [0.05, 0.1) is 14.2 Å². The zero-order valence-corrected chi connectivity index (χ0v) is 15.0. The molecule has 0 aromatic heterocycles. The average Bonchev–Trinajstić information content (AvgIpc) is 3.50. The highest BCUT2D eigenvalue weighted by Crippen LogP contribution is 2.28. The minimum absolute atomic E-state index is 0.0884. The summed E-state index contributed by atoms with van der Waals surface area (Å²) in [7, 11) is 2.90. The summed E-state index contributed by atoms with van der Waals surface area (Å²) >= 11 is 0. The van der Waals surface area contributed by atoms with Gasteiger partial charge in [-0.05, 0) is 43.2 Å². The molecular formula is C20H20FNO5. The molecular weight excluding hydrogens is 353 g/mol. The lowest BCUT2D eigenvalue weighted by Crippen LogP contribution is -2.33. The Morgan fingerprint density at radius 3 is 2.37 bits per heavy atom. The Morgan fingerprint density at radius 1 is 1.07 bits per heavy atom. The maximum atomic E-state index is 13.2. The minimum atomic E-state index is -1.20. The number of methoxy groups -OCH3 is 2. The highest BCUT2D eigenvalue weighted by molar-refractivity contribution is 5.95. The van der Waals surface area contributed by atoms with E-state index in [1.807, 2.05) is 0 Å². The van der Waals surface area contributed by atoms with Crippen LogP contribution < -0.4 is 14.8 Å². The lowest BCUT2D eigenvalue weighted by molar-refractivity contribution is -0.130. The van der Waals surface area contributed by atoms with Crippen molar-refractivity contribution in [3.63, 3.8) is 0 Å². The first-order valence-electron chi connectivity index (χ1n) is 8.50. The van der Waals surface area contributed by atoms with E-state index in [1.165, 1.54) is 44.6 Å². The van der Waals surface area contributed by atoms with Crippen molar-refractivity contribution in [3.8, 4) is 11.5 Å². The summed E-state index contributed by atoms with van der Waals surface area (Å²) < 4.78 is 29.1. The van der Waals surface area contributed by atoms with Gasteiger partial charge in [-0.3, -0.25) is 4.79 Å². The van der Waals surface area contributed by atoms with E-state index in [2.05, 4.69) is 5.32 Å². The molecule has 1 saturated carbocycles. The van der Waals surface area contributed by atoms with E-state index < -0.39 is 23.8 Å². The highest BCUT2D eigenvalue weighted by Gasteiger charge is 2.31. The van der Waals surface area contributed by atoms with Crippen molar-refractivity contribution in [2.45, 2.75) is 25.0 Å². The summed E-state index contributed by atoms with van der Waals surface area (Å²) in [6.45, 7) is 0. The van der Waals surface area contributed by atoms with Crippen molar-refractivity contribution in [1.82, 2.24) is 5.32 Å². The second-order valence-corrected chi connectivity index (χ2v) is 6.19. The van der Waals surface area contributed by atoms with E-state index >= 15 is 0 Å². The predicted octanol–water partition coefficient (Wildman–Crippen LogP) is 3.02. The van der Waals surface area contributed by atoms with Crippen LogP contribution in [0.25, 0.3) is 0 Å². The molecule has 2 aromatic carbocycles. The highest BCUT2D eigenvalue weighted by atomic mass is 19.1. The summed E-state index contributed by atoms with van der Waals surface area (Å²) in [5.41, 5.74) is 0.507. The van der Waals surface area contributed by atoms with Crippen molar-refractivity contribution >= 4 is 11.9 Å². The maximum Gasteiger partial charge on any atom is 0.343 e. The number of hydrogen-bond acceptors (Lipinski definition) is 5. The minimum Gasteiger partial charge on any atom is -0.497 e. The largest absolute Gasteiger partial charge is 0.497 e. The van der Waals surface area contributed by atoms with Crippen molar-refractivity contribution in [2.24, 2.45) is 0 Å². The van der Waals surface area contributed by atoms with E-state index in [0.29, 0.717) is 17.1 Å². The third kappa shape index (κ3) is 4.55. The van der Waals surface area contributed by atoms with Crippen LogP contribution in [0.2, 0.25) is 0 Å². The van der Waals surface area contributed by atoms with Crippen LogP contribution in [-0.4, -0.2) is 32.1 Å². The number of rotatable bonds is 7. The summed E-state index contributed by atoms with van der Waals surface area (Å²) in [5.74, 6) is -0.893. The first-order valence-corrected chi connectivity index (χ1v) is 8.50. The first kappa shape index (κ1) is 18.7. The summed E-state index contributed by atoms with van der Waals surface area (Å²) in [6.07, 6.45) is 0.577. The normalized spacial score (nSPS) is 14.2. The quantitative estimate of drug-likeness (QED) is 0.756. The Labute approximate surface area is 156 Å².